The monoisotopic (exact) mass is 323 g/mol. The van der Waals surface area contributed by atoms with Crippen LogP contribution >= 0.6 is 24.8 Å². The van der Waals surface area contributed by atoms with Gasteiger partial charge in [-0.2, -0.15) is 0 Å². The Morgan fingerprint density at radius 3 is 2.65 bits per heavy atom. The number of nitrogens with zero attached hydrogens (tertiary/aromatic N) is 3. The molecular weight excluding hydrogens is 301 g/mol. The van der Waals surface area contributed by atoms with Crippen molar-refractivity contribution in [3.63, 3.8) is 0 Å². The first-order valence-electron chi connectivity index (χ1n) is 6.57. The lowest BCUT2D eigenvalue weighted by atomic mass is 9.85. The molecule has 0 aliphatic heterocycles. The number of rotatable bonds is 5. The second kappa shape index (κ2) is 8.44. The lowest BCUT2D eigenvalue weighted by Crippen LogP contribution is -2.44. The van der Waals surface area contributed by atoms with E-state index in [9.17, 15) is 4.79 Å². The largest absolute Gasteiger partial charge is 0.348 e. The van der Waals surface area contributed by atoms with E-state index in [1.54, 1.807) is 6.33 Å². The molecule has 1 aromatic heterocycles. The lowest BCUT2D eigenvalue weighted by Gasteiger charge is -2.25. The zero-order chi connectivity index (χ0) is 13.0. The molecule has 0 radical (unpaired) electrons. The number of aromatic nitrogens is 3. The van der Waals surface area contributed by atoms with E-state index in [1.807, 2.05) is 11.5 Å². The van der Waals surface area contributed by atoms with Gasteiger partial charge < -0.3 is 15.6 Å². The number of halogens is 2. The molecule has 1 saturated carbocycles. The molecule has 1 aromatic rings. The number of hydrogen-bond acceptors (Lipinski definition) is 4. The summed E-state index contributed by atoms with van der Waals surface area (Å²) in [6.45, 7) is 3.68. The van der Waals surface area contributed by atoms with Crippen molar-refractivity contribution in [2.45, 2.75) is 45.7 Å². The molecule has 1 aliphatic carbocycles. The minimum atomic E-state index is -0.350. The molecule has 1 heterocycles. The molecular formula is C12H23Cl2N5O. The Balaban J connectivity index is 0.00000180. The predicted molar refractivity (Wildman–Crippen MR) is 82.0 cm³/mol. The average Bonchev–Trinajstić information content (AvgIpc) is 3.05. The number of nitrogens with two attached hydrogens (primary N) is 1. The Kier molecular flexibility index (Phi) is 8.08. The van der Waals surface area contributed by atoms with Crippen LogP contribution in [-0.4, -0.2) is 27.2 Å². The van der Waals surface area contributed by atoms with Crippen LogP contribution in [-0.2, 0) is 17.9 Å². The highest BCUT2D eigenvalue weighted by Gasteiger charge is 2.39. The summed E-state index contributed by atoms with van der Waals surface area (Å²) in [5.41, 5.74) is 5.43. The van der Waals surface area contributed by atoms with Gasteiger partial charge in [-0.1, -0.05) is 12.8 Å². The topological polar surface area (TPSA) is 85.8 Å². The van der Waals surface area contributed by atoms with Gasteiger partial charge in [-0.05, 0) is 19.8 Å². The van der Waals surface area contributed by atoms with Crippen molar-refractivity contribution < 1.29 is 4.79 Å². The Bertz CT molecular complexity index is 418. The molecule has 1 aliphatic rings. The highest BCUT2D eigenvalue weighted by molar-refractivity contribution is 5.85. The fourth-order valence-corrected chi connectivity index (χ4v) is 2.60. The lowest BCUT2D eigenvalue weighted by molar-refractivity contribution is -0.130. The van der Waals surface area contributed by atoms with Crippen molar-refractivity contribution in [1.82, 2.24) is 20.1 Å². The molecule has 1 amide bonds. The normalized spacial score (nSPS) is 16.1. The first-order chi connectivity index (χ1) is 8.72. The van der Waals surface area contributed by atoms with Gasteiger partial charge in [0, 0.05) is 13.1 Å². The van der Waals surface area contributed by atoms with Crippen LogP contribution in [0.1, 0.15) is 38.4 Å². The average molecular weight is 324 g/mol. The number of carbonyl (C=O) groups excluding carboxylic acids is 1. The molecule has 0 saturated heterocycles. The molecule has 2 rings (SSSR count). The van der Waals surface area contributed by atoms with Crippen LogP contribution in [0.15, 0.2) is 6.33 Å². The summed E-state index contributed by atoms with van der Waals surface area (Å²) in [5, 5.41) is 10.8. The van der Waals surface area contributed by atoms with Crippen LogP contribution in [0.5, 0.6) is 0 Å². The summed E-state index contributed by atoms with van der Waals surface area (Å²) in [7, 11) is 0. The highest BCUT2D eigenvalue weighted by atomic mass is 35.5. The Morgan fingerprint density at radius 1 is 1.45 bits per heavy atom. The smallest absolute Gasteiger partial charge is 0.227 e. The Hall–Kier alpha value is -0.850. The van der Waals surface area contributed by atoms with E-state index < -0.39 is 0 Å². The Morgan fingerprint density at radius 2 is 2.10 bits per heavy atom. The minimum absolute atomic E-state index is 0. The summed E-state index contributed by atoms with van der Waals surface area (Å²) >= 11 is 0. The van der Waals surface area contributed by atoms with Gasteiger partial charge in [0.15, 0.2) is 5.82 Å². The predicted octanol–water partition coefficient (Wildman–Crippen LogP) is 1.28. The molecule has 1 fully saturated rings. The van der Waals surface area contributed by atoms with Crippen LogP contribution in [0.3, 0.4) is 0 Å². The maximum absolute atomic E-state index is 12.2. The van der Waals surface area contributed by atoms with Crippen LogP contribution in [0.2, 0.25) is 0 Å². The fourth-order valence-electron chi connectivity index (χ4n) is 2.60. The third-order valence-electron chi connectivity index (χ3n) is 3.88. The third kappa shape index (κ3) is 3.84. The minimum Gasteiger partial charge on any atom is -0.348 e. The standard InChI is InChI=1S/C12H21N5O.2ClH/c1-2-17-9-15-16-10(17)7-14-11(18)12(8-13)5-3-4-6-12;;/h9H,2-8,13H2,1H3,(H,14,18);2*1H. The van der Waals surface area contributed by atoms with Crippen molar-refractivity contribution in [3.8, 4) is 0 Å². The van der Waals surface area contributed by atoms with Gasteiger partial charge in [-0.3, -0.25) is 4.79 Å². The van der Waals surface area contributed by atoms with E-state index in [0.717, 1.165) is 38.1 Å². The van der Waals surface area contributed by atoms with Gasteiger partial charge in [-0.15, -0.1) is 35.0 Å². The van der Waals surface area contributed by atoms with Crippen LogP contribution in [0, 0.1) is 5.41 Å². The molecule has 6 nitrogen and oxygen atoms in total. The second-order valence-electron chi connectivity index (χ2n) is 4.91. The van der Waals surface area contributed by atoms with Crippen molar-refractivity contribution in [3.05, 3.63) is 12.2 Å². The molecule has 0 atom stereocenters. The number of amides is 1. The van der Waals surface area contributed by atoms with Gasteiger partial charge in [0.1, 0.15) is 6.33 Å². The van der Waals surface area contributed by atoms with E-state index in [-0.39, 0.29) is 36.1 Å². The van der Waals surface area contributed by atoms with E-state index in [4.69, 9.17) is 5.73 Å². The quantitative estimate of drug-likeness (QED) is 0.854. The maximum atomic E-state index is 12.2. The van der Waals surface area contributed by atoms with Crippen LogP contribution in [0.4, 0.5) is 0 Å². The number of carbonyl (C=O) groups is 1. The first kappa shape index (κ1) is 19.1. The SMILES string of the molecule is CCn1cnnc1CNC(=O)C1(CN)CCCC1.Cl.Cl. The van der Waals surface area contributed by atoms with Crippen LogP contribution in [0.25, 0.3) is 0 Å². The van der Waals surface area contributed by atoms with Gasteiger partial charge in [0.25, 0.3) is 0 Å². The highest BCUT2D eigenvalue weighted by Crippen LogP contribution is 2.37. The molecule has 3 N–H and O–H groups in total. The molecule has 8 heteroatoms. The summed E-state index contributed by atoms with van der Waals surface area (Å²) in [5.74, 6) is 0.851. The number of nitrogens with one attached hydrogen (secondary N) is 1. The second-order valence-corrected chi connectivity index (χ2v) is 4.91. The van der Waals surface area contributed by atoms with Gasteiger partial charge in [0.2, 0.25) is 5.91 Å². The van der Waals surface area contributed by atoms with Crippen molar-refractivity contribution in [2.75, 3.05) is 6.54 Å². The van der Waals surface area contributed by atoms with E-state index in [1.165, 1.54) is 0 Å². The molecule has 0 bridgehead atoms. The van der Waals surface area contributed by atoms with Crippen molar-refractivity contribution in [2.24, 2.45) is 11.1 Å². The molecule has 20 heavy (non-hydrogen) atoms. The summed E-state index contributed by atoms with van der Waals surface area (Å²) in [6, 6.07) is 0. The van der Waals surface area contributed by atoms with E-state index >= 15 is 0 Å². The van der Waals surface area contributed by atoms with Crippen LogP contribution < -0.4 is 11.1 Å². The number of hydrogen-bond donors (Lipinski definition) is 2. The fraction of sp³-hybridized carbons (Fsp3) is 0.750. The molecule has 116 valence electrons. The molecule has 0 unspecified atom stereocenters. The van der Waals surface area contributed by atoms with Crippen molar-refractivity contribution in [1.29, 1.82) is 0 Å². The summed E-state index contributed by atoms with van der Waals surface area (Å²) < 4.78 is 1.92. The Labute approximate surface area is 131 Å². The summed E-state index contributed by atoms with van der Waals surface area (Å²) in [6.07, 6.45) is 5.66. The molecule has 0 spiro atoms. The first-order valence-corrected chi connectivity index (χ1v) is 6.57. The summed E-state index contributed by atoms with van der Waals surface area (Å²) in [4.78, 5) is 12.2. The van der Waals surface area contributed by atoms with E-state index in [2.05, 4.69) is 15.5 Å². The number of aryl methyl sites for hydroxylation is 1. The van der Waals surface area contributed by atoms with E-state index in [0.29, 0.717) is 13.1 Å². The molecule has 0 aromatic carbocycles. The van der Waals surface area contributed by atoms with Gasteiger partial charge in [-0.25, -0.2) is 0 Å². The zero-order valence-corrected chi connectivity index (χ0v) is 13.3. The zero-order valence-electron chi connectivity index (χ0n) is 11.7. The third-order valence-corrected chi connectivity index (χ3v) is 3.88. The van der Waals surface area contributed by atoms with Gasteiger partial charge >= 0.3 is 0 Å². The van der Waals surface area contributed by atoms with Gasteiger partial charge in [0.05, 0.1) is 12.0 Å². The maximum Gasteiger partial charge on any atom is 0.227 e. The van der Waals surface area contributed by atoms with Crippen molar-refractivity contribution >= 4 is 30.7 Å².